The van der Waals surface area contributed by atoms with Gasteiger partial charge in [-0.2, -0.15) is 12.7 Å². The molecule has 0 saturated carbocycles. The van der Waals surface area contributed by atoms with Gasteiger partial charge in [0.25, 0.3) is 10.2 Å². The van der Waals surface area contributed by atoms with E-state index in [9.17, 15) is 8.42 Å². The average Bonchev–Trinajstić information content (AvgIpc) is 2.45. The zero-order chi connectivity index (χ0) is 10.3. The maximum Gasteiger partial charge on any atom is 0.276 e. The Balaban J connectivity index is 2.06. The Morgan fingerprint density at radius 3 is 2.50 bits per heavy atom. The molecular weight excluding hydrogens is 202 g/mol. The van der Waals surface area contributed by atoms with Crippen LogP contribution in [-0.2, 0) is 10.2 Å². The second-order valence-electron chi connectivity index (χ2n) is 4.43. The highest BCUT2D eigenvalue weighted by atomic mass is 32.2. The summed E-state index contributed by atoms with van der Waals surface area (Å²) in [4.78, 5) is 2.26. The van der Waals surface area contributed by atoms with Gasteiger partial charge in [0.2, 0.25) is 0 Å². The molecule has 2 rings (SSSR count). The lowest BCUT2D eigenvalue weighted by Gasteiger charge is -2.31. The van der Waals surface area contributed by atoms with Crippen molar-refractivity contribution in [1.29, 1.82) is 0 Å². The van der Waals surface area contributed by atoms with Crippen LogP contribution in [0.15, 0.2) is 0 Å². The minimum absolute atomic E-state index is 0.479. The smallest absolute Gasteiger partial charge is 0.276 e. The molecule has 2 fully saturated rings. The summed E-state index contributed by atoms with van der Waals surface area (Å²) in [6, 6.07) is 0. The van der Waals surface area contributed by atoms with Gasteiger partial charge in [-0.25, -0.2) is 5.14 Å². The molecule has 2 unspecified atom stereocenters. The predicted molar refractivity (Wildman–Crippen MR) is 53.8 cm³/mol. The summed E-state index contributed by atoms with van der Waals surface area (Å²) < 4.78 is 23.7. The molecule has 5 nitrogen and oxygen atoms in total. The van der Waals surface area contributed by atoms with Crippen molar-refractivity contribution in [3.8, 4) is 0 Å². The summed E-state index contributed by atoms with van der Waals surface area (Å²) in [7, 11) is -1.38. The van der Waals surface area contributed by atoms with Crippen LogP contribution < -0.4 is 5.14 Å². The van der Waals surface area contributed by atoms with Gasteiger partial charge >= 0.3 is 0 Å². The molecule has 2 aliphatic rings. The van der Waals surface area contributed by atoms with Crippen molar-refractivity contribution in [3.63, 3.8) is 0 Å². The maximum atomic E-state index is 11.1. The Bertz CT molecular complexity index is 317. The molecule has 2 N–H and O–H groups in total. The van der Waals surface area contributed by atoms with E-state index in [0.29, 0.717) is 24.9 Å². The van der Waals surface area contributed by atoms with Crippen molar-refractivity contribution in [1.82, 2.24) is 9.21 Å². The summed E-state index contributed by atoms with van der Waals surface area (Å²) in [6.45, 7) is 3.29. The van der Waals surface area contributed by atoms with Crippen LogP contribution >= 0.6 is 0 Å². The number of hydrogen-bond donors (Lipinski definition) is 1. The molecular formula is C8H17N3O2S. The van der Waals surface area contributed by atoms with Crippen molar-refractivity contribution in [2.75, 3.05) is 33.2 Å². The van der Waals surface area contributed by atoms with E-state index in [1.165, 1.54) is 4.31 Å². The second kappa shape index (κ2) is 3.44. The Hall–Kier alpha value is -0.170. The molecule has 6 heteroatoms. The molecule has 82 valence electrons. The van der Waals surface area contributed by atoms with Gasteiger partial charge in [-0.05, 0) is 31.8 Å². The summed E-state index contributed by atoms with van der Waals surface area (Å²) in [5.74, 6) is 0.997. The first-order valence-electron chi connectivity index (χ1n) is 4.93. The second-order valence-corrected chi connectivity index (χ2v) is 5.98. The fraction of sp³-hybridized carbons (Fsp3) is 1.00. The number of piperidine rings is 1. The van der Waals surface area contributed by atoms with Gasteiger partial charge < -0.3 is 4.90 Å². The minimum atomic E-state index is -3.46. The van der Waals surface area contributed by atoms with Gasteiger partial charge in [0.15, 0.2) is 0 Å². The number of likely N-dealkylation sites (tertiary alicyclic amines) is 1. The van der Waals surface area contributed by atoms with Gasteiger partial charge in [-0.15, -0.1) is 0 Å². The highest BCUT2D eigenvalue weighted by Gasteiger charge is 2.39. The van der Waals surface area contributed by atoms with Gasteiger partial charge in [-0.3, -0.25) is 0 Å². The number of hydrogen-bond acceptors (Lipinski definition) is 3. The third-order valence-corrected chi connectivity index (χ3v) is 4.35. The van der Waals surface area contributed by atoms with Crippen LogP contribution in [0, 0.1) is 11.8 Å². The summed E-state index contributed by atoms with van der Waals surface area (Å²) in [5.41, 5.74) is 0. The monoisotopic (exact) mass is 219 g/mol. The summed E-state index contributed by atoms with van der Waals surface area (Å²) in [5, 5.41) is 5.11. The Morgan fingerprint density at radius 1 is 1.21 bits per heavy atom. The SMILES string of the molecule is CN1CCC2CN(S(N)(=O)=O)CC2C1. The Kier molecular flexibility index (Phi) is 2.55. The molecule has 0 spiro atoms. The fourth-order valence-electron chi connectivity index (χ4n) is 2.52. The molecule has 0 aliphatic carbocycles. The average molecular weight is 219 g/mol. The molecule has 0 aromatic carbocycles. The third kappa shape index (κ3) is 1.93. The lowest BCUT2D eigenvalue weighted by molar-refractivity contribution is 0.178. The normalized spacial score (nSPS) is 35.9. The number of nitrogens with two attached hydrogens (primary N) is 1. The highest BCUT2D eigenvalue weighted by molar-refractivity contribution is 7.86. The molecule has 0 aromatic heterocycles. The topological polar surface area (TPSA) is 66.6 Å². The lowest BCUT2D eigenvalue weighted by Crippen LogP contribution is -2.37. The van der Waals surface area contributed by atoms with Crippen LogP contribution in [0.4, 0.5) is 0 Å². The molecule has 14 heavy (non-hydrogen) atoms. The van der Waals surface area contributed by atoms with E-state index in [4.69, 9.17) is 5.14 Å². The van der Waals surface area contributed by atoms with Crippen LogP contribution in [0.3, 0.4) is 0 Å². The van der Waals surface area contributed by atoms with Gasteiger partial charge in [0, 0.05) is 19.6 Å². The van der Waals surface area contributed by atoms with E-state index in [2.05, 4.69) is 11.9 Å². The molecule has 2 saturated heterocycles. The lowest BCUT2D eigenvalue weighted by atomic mass is 9.89. The molecule has 0 amide bonds. The van der Waals surface area contributed by atoms with Crippen LogP contribution in [0.25, 0.3) is 0 Å². The van der Waals surface area contributed by atoms with Crippen LogP contribution in [0.2, 0.25) is 0 Å². The fourth-order valence-corrected chi connectivity index (χ4v) is 3.31. The van der Waals surface area contributed by atoms with Gasteiger partial charge in [-0.1, -0.05) is 0 Å². The molecule has 0 aromatic rings. The first-order chi connectivity index (χ1) is 6.47. The van der Waals surface area contributed by atoms with Crippen LogP contribution in [0.1, 0.15) is 6.42 Å². The van der Waals surface area contributed by atoms with Gasteiger partial charge in [0.05, 0.1) is 0 Å². The predicted octanol–water partition coefficient (Wildman–Crippen LogP) is -0.927. The first-order valence-corrected chi connectivity index (χ1v) is 6.43. The number of fused-ring (bicyclic) bond motifs is 1. The quantitative estimate of drug-likeness (QED) is 0.620. The van der Waals surface area contributed by atoms with E-state index in [-0.39, 0.29) is 0 Å². The number of rotatable bonds is 1. The zero-order valence-corrected chi connectivity index (χ0v) is 9.20. The van der Waals surface area contributed by atoms with Crippen molar-refractivity contribution in [2.45, 2.75) is 6.42 Å². The van der Waals surface area contributed by atoms with Gasteiger partial charge in [0.1, 0.15) is 0 Å². The third-order valence-electron chi connectivity index (χ3n) is 3.33. The molecule has 2 aliphatic heterocycles. The first kappa shape index (κ1) is 10.4. The Morgan fingerprint density at radius 2 is 1.86 bits per heavy atom. The van der Waals surface area contributed by atoms with E-state index < -0.39 is 10.2 Å². The largest absolute Gasteiger partial charge is 0.306 e. The highest BCUT2D eigenvalue weighted by Crippen LogP contribution is 2.31. The van der Waals surface area contributed by atoms with Crippen LogP contribution in [0.5, 0.6) is 0 Å². The van der Waals surface area contributed by atoms with Crippen molar-refractivity contribution < 1.29 is 8.42 Å². The Labute approximate surface area is 85.0 Å². The zero-order valence-electron chi connectivity index (χ0n) is 8.39. The van der Waals surface area contributed by atoms with E-state index in [1.54, 1.807) is 0 Å². The number of nitrogens with zero attached hydrogens (tertiary/aromatic N) is 2. The van der Waals surface area contributed by atoms with E-state index >= 15 is 0 Å². The van der Waals surface area contributed by atoms with Crippen molar-refractivity contribution in [3.05, 3.63) is 0 Å². The summed E-state index contributed by atoms with van der Waals surface area (Å²) >= 11 is 0. The van der Waals surface area contributed by atoms with Crippen molar-refractivity contribution in [2.24, 2.45) is 17.0 Å². The molecule has 2 heterocycles. The van der Waals surface area contributed by atoms with Crippen molar-refractivity contribution >= 4 is 10.2 Å². The maximum absolute atomic E-state index is 11.1. The van der Waals surface area contributed by atoms with E-state index in [0.717, 1.165) is 19.5 Å². The van der Waals surface area contributed by atoms with Crippen LogP contribution in [-0.4, -0.2) is 50.8 Å². The summed E-state index contributed by atoms with van der Waals surface area (Å²) in [6.07, 6.45) is 1.09. The molecule has 0 bridgehead atoms. The molecule has 2 atom stereocenters. The standard InChI is InChI=1S/C8H17N3O2S/c1-10-3-2-7-5-11(14(9,12)13)6-8(7)4-10/h7-8H,2-6H2,1H3,(H2,9,12,13). The van der Waals surface area contributed by atoms with E-state index in [1.807, 2.05) is 0 Å². The minimum Gasteiger partial charge on any atom is -0.306 e. The molecule has 0 radical (unpaired) electrons.